The summed E-state index contributed by atoms with van der Waals surface area (Å²) in [6.45, 7) is 8.18. The van der Waals surface area contributed by atoms with Crippen molar-refractivity contribution in [2.75, 3.05) is 0 Å². The predicted molar refractivity (Wildman–Crippen MR) is 54.0 cm³/mol. The normalized spacial score (nSPS) is 13.0. The molecule has 2 nitrogen and oxygen atoms in total. The molecule has 0 saturated carbocycles. The molecule has 1 atom stereocenters. The van der Waals surface area contributed by atoms with Crippen LogP contribution in [0, 0.1) is 20.8 Å². The highest BCUT2D eigenvalue weighted by atomic mass is 16.5. The van der Waals surface area contributed by atoms with E-state index in [0.717, 1.165) is 0 Å². The maximum Gasteiger partial charge on any atom is 0.0545 e. The molecular formula is C11H17NO. The average Bonchev–Trinajstić information content (AvgIpc) is 2.02. The van der Waals surface area contributed by atoms with Crippen molar-refractivity contribution in [3.8, 4) is 0 Å². The van der Waals surface area contributed by atoms with Crippen LogP contribution >= 0.6 is 0 Å². The van der Waals surface area contributed by atoms with Gasteiger partial charge in [0, 0.05) is 0 Å². The first-order valence-corrected chi connectivity index (χ1v) is 4.53. The van der Waals surface area contributed by atoms with E-state index in [-0.39, 0.29) is 6.04 Å². The third-order valence-electron chi connectivity index (χ3n) is 2.36. The van der Waals surface area contributed by atoms with E-state index in [9.17, 15) is 0 Å². The first kappa shape index (κ1) is 10.2. The first-order chi connectivity index (χ1) is 6.06. The van der Waals surface area contributed by atoms with Crippen LogP contribution < -0.4 is 5.48 Å². The highest BCUT2D eigenvalue weighted by Crippen LogP contribution is 2.22. The topological polar surface area (TPSA) is 32.3 Å². The fraction of sp³-hybridized carbons (Fsp3) is 0.455. The molecule has 1 aromatic carbocycles. The number of hydrogen-bond donors (Lipinski definition) is 2. The Hall–Kier alpha value is -0.860. The molecule has 0 bridgehead atoms. The summed E-state index contributed by atoms with van der Waals surface area (Å²) in [5.74, 6) is 0. The Bertz CT molecular complexity index is 284. The van der Waals surface area contributed by atoms with Gasteiger partial charge in [-0.15, -0.1) is 0 Å². The monoisotopic (exact) mass is 179 g/mol. The summed E-state index contributed by atoms with van der Waals surface area (Å²) >= 11 is 0. The summed E-state index contributed by atoms with van der Waals surface area (Å²) in [6.07, 6.45) is 0. The third kappa shape index (κ3) is 2.08. The molecule has 1 rings (SSSR count). The number of hydrogen-bond acceptors (Lipinski definition) is 2. The van der Waals surface area contributed by atoms with Crippen LogP contribution in [0.4, 0.5) is 0 Å². The highest BCUT2D eigenvalue weighted by molar-refractivity contribution is 5.39. The van der Waals surface area contributed by atoms with E-state index in [4.69, 9.17) is 5.21 Å². The molecule has 1 aromatic rings. The van der Waals surface area contributed by atoms with Crippen LogP contribution in [-0.2, 0) is 0 Å². The van der Waals surface area contributed by atoms with E-state index in [1.54, 1.807) is 0 Å². The lowest BCUT2D eigenvalue weighted by atomic mass is 9.95. The summed E-state index contributed by atoms with van der Waals surface area (Å²) in [5, 5.41) is 8.86. The zero-order valence-electron chi connectivity index (χ0n) is 8.68. The van der Waals surface area contributed by atoms with E-state index in [1.165, 1.54) is 22.3 Å². The minimum absolute atomic E-state index is 0.000556. The molecule has 2 N–H and O–H groups in total. The number of nitrogens with one attached hydrogen (secondary N) is 1. The van der Waals surface area contributed by atoms with Gasteiger partial charge in [0.2, 0.25) is 0 Å². The first-order valence-electron chi connectivity index (χ1n) is 4.53. The molecule has 0 heterocycles. The molecule has 0 aliphatic carbocycles. The fourth-order valence-electron chi connectivity index (χ4n) is 1.94. The van der Waals surface area contributed by atoms with Crippen LogP contribution in [0.25, 0.3) is 0 Å². The Kier molecular flexibility index (Phi) is 3.07. The van der Waals surface area contributed by atoms with Gasteiger partial charge in [0.05, 0.1) is 6.04 Å². The number of aryl methyl sites for hydroxylation is 3. The molecule has 2 heteroatoms. The number of rotatable bonds is 2. The molecular weight excluding hydrogens is 162 g/mol. The maximum absolute atomic E-state index is 8.86. The largest absolute Gasteiger partial charge is 0.316 e. The molecule has 0 saturated heterocycles. The predicted octanol–water partition coefficient (Wildman–Crippen LogP) is 2.65. The quantitative estimate of drug-likeness (QED) is 0.684. The van der Waals surface area contributed by atoms with Crippen molar-refractivity contribution in [1.29, 1.82) is 0 Å². The third-order valence-corrected chi connectivity index (χ3v) is 2.36. The van der Waals surface area contributed by atoms with Gasteiger partial charge in [0.1, 0.15) is 0 Å². The Balaban J connectivity index is 3.20. The Morgan fingerprint density at radius 3 is 2.00 bits per heavy atom. The summed E-state index contributed by atoms with van der Waals surface area (Å²) in [5.41, 5.74) is 7.19. The van der Waals surface area contributed by atoms with Crippen LogP contribution in [-0.4, -0.2) is 5.21 Å². The van der Waals surface area contributed by atoms with Crippen molar-refractivity contribution in [1.82, 2.24) is 5.48 Å². The van der Waals surface area contributed by atoms with Crippen LogP contribution in [0.1, 0.15) is 35.2 Å². The molecule has 0 aliphatic heterocycles. The van der Waals surface area contributed by atoms with Crippen LogP contribution in [0.5, 0.6) is 0 Å². The molecule has 1 unspecified atom stereocenters. The van der Waals surface area contributed by atoms with Gasteiger partial charge in [-0.25, -0.2) is 0 Å². The summed E-state index contributed by atoms with van der Waals surface area (Å²) in [6, 6.07) is 4.27. The lowest BCUT2D eigenvalue weighted by Gasteiger charge is -2.16. The van der Waals surface area contributed by atoms with Gasteiger partial charge in [-0.1, -0.05) is 17.7 Å². The minimum atomic E-state index is 0.000556. The maximum atomic E-state index is 8.86. The van der Waals surface area contributed by atoms with Gasteiger partial charge in [-0.05, 0) is 44.4 Å². The molecule has 0 amide bonds. The van der Waals surface area contributed by atoms with E-state index in [2.05, 4.69) is 38.4 Å². The van der Waals surface area contributed by atoms with Crippen molar-refractivity contribution < 1.29 is 5.21 Å². The molecule has 0 radical (unpaired) electrons. The lowest BCUT2D eigenvalue weighted by molar-refractivity contribution is 0.133. The van der Waals surface area contributed by atoms with Gasteiger partial charge in [0.25, 0.3) is 0 Å². The van der Waals surface area contributed by atoms with E-state index in [0.29, 0.717) is 0 Å². The summed E-state index contributed by atoms with van der Waals surface area (Å²) < 4.78 is 0. The Morgan fingerprint density at radius 1 is 1.15 bits per heavy atom. The molecule has 13 heavy (non-hydrogen) atoms. The SMILES string of the molecule is Cc1cc(C)c(C(C)NO)c(C)c1. The van der Waals surface area contributed by atoms with Gasteiger partial charge < -0.3 is 5.21 Å². The molecule has 0 fully saturated rings. The fourth-order valence-corrected chi connectivity index (χ4v) is 1.94. The van der Waals surface area contributed by atoms with E-state index in [1.807, 2.05) is 6.92 Å². The van der Waals surface area contributed by atoms with Gasteiger partial charge in [-0.2, -0.15) is 5.48 Å². The molecule has 0 aliphatic rings. The van der Waals surface area contributed by atoms with Crippen molar-refractivity contribution in [3.05, 3.63) is 34.4 Å². The average molecular weight is 179 g/mol. The van der Waals surface area contributed by atoms with Crippen LogP contribution in [0.3, 0.4) is 0 Å². The second kappa shape index (κ2) is 3.90. The Labute approximate surface area is 79.6 Å². The molecule has 0 spiro atoms. The lowest BCUT2D eigenvalue weighted by Crippen LogP contribution is -2.15. The van der Waals surface area contributed by atoms with Crippen molar-refractivity contribution in [2.24, 2.45) is 0 Å². The standard InChI is InChI=1S/C11H17NO/c1-7-5-8(2)11(9(3)6-7)10(4)12-13/h5-6,10,12-13H,1-4H3. The number of hydroxylamine groups is 1. The van der Waals surface area contributed by atoms with Crippen molar-refractivity contribution >= 4 is 0 Å². The second-order valence-electron chi connectivity index (χ2n) is 3.66. The van der Waals surface area contributed by atoms with Crippen molar-refractivity contribution in [3.63, 3.8) is 0 Å². The summed E-state index contributed by atoms with van der Waals surface area (Å²) in [7, 11) is 0. The van der Waals surface area contributed by atoms with Gasteiger partial charge >= 0.3 is 0 Å². The number of benzene rings is 1. The highest BCUT2D eigenvalue weighted by Gasteiger charge is 2.10. The van der Waals surface area contributed by atoms with E-state index >= 15 is 0 Å². The van der Waals surface area contributed by atoms with E-state index < -0.39 is 0 Å². The zero-order valence-corrected chi connectivity index (χ0v) is 8.68. The van der Waals surface area contributed by atoms with Crippen LogP contribution in [0.2, 0.25) is 0 Å². The summed E-state index contributed by atoms with van der Waals surface area (Å²) in [4.78, 5) is 0. The van der Waals surface area contributed by atoms with Crippen LogP contribution in [0.15, 0.2) is 12.1 Å². The van der Waals surface area contributed by atoms with Gasteiger partial charge in [-0.3, -0.25) is 0 Å². The Morgan fingerprint density at radius 2 is 1.62 bits per heavy atom. The molecule has 0 aromatic heterocycles. The zero-order chi connectivity index (χ0) is 10.0. The van der Waals surface area contributed by atoms with Crippen molar-refractivity contribution in [2.45, 2.75) is 33.7 Å². The molecule has 72 valence electrons. The smallest absolute Gasteiger partial charge is 0.0545 e. The van der Waals surface area contributed by atoms with Gasteiger partial charge in [0.15, 0.2) is 0 Å². The second-order valence-corrected chi connectivity index (χ2v) is 3.66. The minimum Gasteiger partial charge on any atom is -0.316 e.